The zero-order valence-electron chi connectivity index (χ0n) is 18.8. The highest BCUT2D eigenvalue weighted by Crippen LogP contribution is 2.30. The van der Waals surface area contributed by atoms with Crippen LogP contribution in [0.5, 0.6) is 0 Å². The molecule has 2 aromatic heterocycles. The molecule has 34 heavy (non-hydrogen) atoms. The lowest BCUT2D eigenvalue weighted by atomic mass is 9.98. The first kappa shape index (κ1) is 22.2. The van der Waals surface area contributed by atoms with Crippen LogP contribution >= 0.6 is 0 Å². The molecule has 10 heteroatoms. The van der Waals surface area contributed by atoms with Gasteiger partial charge < -0.3 is 15.5 Å². The SMILES string of the molecule is CC(C)S(=O)(=O)c1ccc(-c2cnc(N)c(-c3nnc(-c4ccc5c(c4)CCNC5)o3)n2)cc1. The Morgan fingerprint density at radius 1 is 1.00 bits per heavy atom. The molecule has 0 saturated carbocycles. The second kappa shape index (κ2) is 8.62. The second-order valence-corrected chi connectivity index (χ2v) is 10.9. The smallest absolute Gasteiger partial charge is 0.270 e. The van der Waals surface area contributed by atoms with Crippen LogP contribution in [-0.4, -0.2) is 40.4 Å². The molecule has 2 aromatic carbocycles. The van der Waals surface area contributed by atoms with Gasteiger partial charge in [-0.2, -0.15) is 0 Å². The summed E-state index contributed by atoms with van der Waals surface area (Å²) in [5.41, 5.74) is 10.9. The Morgan fingerprint density at radius 3 is 2.50 bits per heavy atom. The molecule has 0 aliphatic carbocycles. The van der Waals surface area contributed by atoms with Crippen LogP contribution in [0.15, 0.2) is 58.0 Å². The maximum Gasteiger partial charge on any atom is 0.270 e. The predicted molar refractivity (Wildman–Crippen MR) is 128 cm³/mol. The predicted octanol–water partition coefficient (Wildman–Crippen LogP) is 3.27. The number of hydrogen-bond donors (Lipinski definition) is 2. The highest BCUT2D eigenvalue weighted by molar-refractivity contribution is 7.92. The van der Waals surface area contributed by atoms with Crippen molar-refractivity contribution in [1.82, 2.24) is 25.5 Å². The van der Waals surface area contributed by atoms with Crippen LogP contribution in [-0.2, 0) is 22.8 Å². The van der Waals surface area contributed by atoms with Crippen LogP contribution in [0.25, 0.3) is 34.3 Å². The second-order valence-electron chi connectivity index (χ2n) is 8.43. The Hall–Kier alpha value is -3.63. The van der Waals surface area contributed by atoms with Gasteiger partial charge in [-0.05, 0) is 62.2 Å². The van der Waals surface area contributed by atoms with Crippen molar-refractivity contribution in [3.05, 3.63) is 59.8 Å². The Bertz CT molecular complexity index is 1460. The Balaban J connectivity index is 1.46. The van der Waals surface area contributed by atoms with Crippen molar-refractivity contribution in [2.45, 2.75) is 37.0 Å². The van der Waals surface area contributed by atoms with E-state index in [0.717, 1.165) is 25.1 Å². The lowest BCUT2D eigenvalue weighted by Crippen LogP contribution is -2.23. The Labute approximate surface area is 197 Å². The van der Waals surface area contributed by atoms with E-state index in [4.69, 9.17) is 10.2 Å². The molecule has 5 rings (SSSR count). The number of rotatable bonds is 5. The van der Waals surface area contributed by atoms with Gasteiger partial charge in [0.25, 0.3) is 5.89 Å². The minimum absolute atomic E-state index is 0.162. The summed E-state index contributed by atoms with van der Waals surface area (Å²) < 4.78 is 30.7. The topological polar surface area (TPSA) is 137 Å². The fourth-order valence-electron chi connectivity index (χ4n) is 3.83. The molecule has 9 nitrogen and oxygen atoms in total. The van der Waals surface area contributed by atoms with E-state index in [9.17, 15) is 8.42 Å². The van der Waals surface area contributed by atoms with Crippen molar-refractivity contribution in [2.24, 2.45) is 0 Å². The van der Waals surface area contributed by atoms with E-state index in [1.807, 2.05) is 6.07 Å². The first-order chi connectivity index (χ1) is 16.3. The molecule has 0 saturated heterocycles. The van der Waals surface area contributed by atoms with Gasteiger partial charge in [0, 0.05) is 17.7 Å². The summed E-state index contributed by atoms with van der Waals surface area (Å²) in [4.78, 5) is 9.07. The number of anilines is 1. The first-order valence-electron chi connectivity index (χ1n) is 11.0. The molecule has 0 atom stereocenters. The van der Waals surface area contributed by atoms with Crippen molar-refractivity contribution in [2.75, 3.05) is 12.3 Å². The van der Waals surface area contributed by atoms with Gasteiger partial charge in [0.15, 0.2) is 21.3 Å². The maximum atomic E-state index is 12.4. The van der Waals surface area contributed by atoms with Gasteiger partial charge in [-0.15, -0.1) is 10.2 Å². The highest BCUT2D eigenvalue weighted by Gasteiger charge is 2.20. The zero-order chi connectivity index (χ0) is 23.9. The van der Waals surface area contributed by atoms with Crippen molar-refractivity contribution >= 4 is 15.7 Å². The van der Waals surface area contributed by atoms with Gasteiger partial charge in [-0.3, -0.25) is 0 Å². The van der Waals surface area contributed by atoms with Crippen LogP contribution < -0.4 is 11.1 Å². The minimum atomic E-state index is -3.36. The summed E-state index contributed by atoms with van der Waals surface area (Å²) in [6.45, 7) is 5.10. The molecule has 3 heterocycles. The fourth-order valence-corrected chi connectivity index (χ4v) is 4.89. The standard InChI is InChI=1S/C24H24N6O3S/c1-14(2)34(31,32)19-7-5-15(6-8-19)20-13-27-22(25)21(28-20)24-30-29-23(33-24)17-3-4-18-12-26-10-9-16(18)11-17/h3-8,11,13-14,26H,9-10,12H2,1-2H3,(H2,25,27). The number of nitrogens with two attached hydrogens (primary N) is 1. The van der Waals surface area contributed by atoms with E-state index in [0.29, 0.717) is 17.1 Å². The molecule has 0 amide bonds. The molecule has 0 radical (unpaired) electrons. The van der Waals surface area contributed by atoms with Crippen LogP contribution in [0.2, 0.25) is 0 Å². The molecule has 3 N–H and O–H groups in total. The van der Waals surface area contributed by atoms with Crippen molar-refractivity contribution < 1.29 is 12.8 Å². The number of aromatic nitrogens is 4. The van der Waals surface area contributed by atoms with E-state index < -0.39 is 15.1 Å². The monoisotopic (exact) mass is 476 g/mol. The van der Waals surface area contributed by atoms with Crippen molar-refractivity contribution in [3.63, 3.8) is 0 Å². The van der Waals surface area contributed by atoms with Crippen LogP contribution in [0, 0.1) is 0 Å². The number of sulfone groups is 1. The number of nitrogens with zero attached hydrogens (tertiary/aromatic N) is 4. The Kier molecular flexibility index (Phi) is 5.62. The van der Waals surface area contributed by atoms with Gasteiger partial charge in [-0.25, -0.2) is 18.4 Å². The highest BCUT2D eigenvalue weighted by atomic mass is 32.2. The summed E-state index contributed by atoms with van der Waals surface area (Å²) >= 11 is 0. The summed E-state index contributed by atoms with van der Waals surface area (Å²) in [6.07, 6.45) is 2.47. The van der Waals surface area contributed by atoms with E-state index in [-0.39, 0.29) is 22.3 Å². The molecular weight excluding hydrogens is 452 g/mol. The first-order valence-corrected chi connectivity index (χ1v) is 12.5. The van der Waals surface area contributed by atoms with Crippen molar-refractivity contribution in [1.29, 1.82) is 0 Å². The number of hydrogen-bond acceptors (Lipinski definition) is 9. The van der Waals surface area contributed by atoms with Crippen LogP contribution in [0.4, 0.5) is 5.82 Å². The van der Waals surface area contributed by atoms with E-state index >= 15 is 0 Å². The van der Waals surface area contributed by atoms with Crippen molar-refractivity contribution in [3.8, 4) is 34.3 Å². The van der Waals surface area contributed by atoms with Gasteiger partial charge in [0.2, 0.25) is 5.89 Å². The van der Waals surface area contributed by atoms with E-state index in [1.54, 1.807) is 38.1 Å². The normalized spacial score (nSPS) is 13.7. The van der Waals surface area contributed by atoms with E-state index in [2.05, 4.69) is 37.6 Å². The van der Waals surface area contributed by atoms with Gasteiger partial charge in [0.1, 0.15) is 0 Å². The molecule has 1 aliphatic rings. The molecule has 4 aromatic rings. The third-order valence-electron chi connectivity index (χ3n) is 5.87. The number of benzene rings is 2. The third kappa shape index (κ3) is 4.06. The summed E-state index contributed by atoms with van der Waals surface area (Å²) in [7, 11) is -3.36. The van der Waals surface area contributed by atoms with Gasteiger partial charge >= 0.3 is 0 Å². The zero-order valence-corrected chi connectivity index (χ0v) is 19.6. The molecule has 0 fully saturated rings. The maximum absolute atomic E-state index is 12.4. The molecule has 1 aliphatic heterocycles. The Morgan fingerprint density at radius 2 is 1.74 bits per heavy atom. The average molecular weight is 477 g/mol. The average Bonchev–Trinajstić information content (AvgIpc) is 3.34. The summed E-state index contributed by atoms with van der Waals surface area (Å²) in [5.74, 6) is 0.709. The summed E-state index contributed by atoms with van der Waals surface area (Å²) in [5, 5.41) is 11.2. The van der Waals surface area contributed by atoms with E-state index in [1.165, 1.54) is 17.3 Å². The summed E-state index contributed by atoms with van der Waals surface area (Å²) in [6, 6.07) is 12.6. The molecular formula is C24H24N6O3S. The number of nitrogen functional groups attached to an aromatic ring is 1. The largest absolute Gasteiger partial charge is 0.414 e. The third-order valence-corrected chi connectivity index (χ3v) is 8.04. The lowest BCUT2D eigenvalue weighted by Gasteiger charge is -2.17. The fraction of sp³-hybridized carbons (Fsp3) is 0.250. The minimum Gasteiger partial charge on any atom is -0.414 e. The molecule has 0 unspecified atom stereocenters. The van der Waals surface area contributed by atoms with Crippen LogP contribution in [0.3, 0.4) is 0 Å². The molecule has 174 valence electrons. The molecule has 0 bridgehead atoms. The lowest BCUT2D eigenvalue weighted by molar-refractivity contribution is 0.581. The quantitative estimate of drug-likeness (QED) is 0.444. The number of nitrogens with one attached hydrogen (secondary N) is 1. The molecule has 0 spiro atoms. The van der Waals surface area contributed by atoms with Gasteiger partial charge in [0.05, 0.1) is 22.0 Å². The van der Waals surface area contributed by atoms with Gasteiger partial charge in [-0.1, -0.05) is 18.2 Å². The number of fused-ring (bicyclic) bond motifs is 1. The van der Waals surface area contributed by atoms with Crippen LogP contribution in [0.1, 0.15) is 25.0 Å².